The average Bonchev–Trinajstić information content (AvgIpc) is 2.55. The maximum absolute atomic E-state index is 12.4. The molecule has 1 atom stereocenters. The lowest BCUT2D eigenvalue weighted by molar-refractivity contribution is -0.385. The molecule has 0 radical (unpaired) electrons. The summed E-state index contributed by atoms with van der Waals surface area (Å²) in [6.07, 6.45) is 0. The van der Waals surface area contributed by atoms with Gasteiger partial charge in [-0.05, 0) is 25.7 Å². The number of hydrogen-bond donors (Lipinski definition) is 1. The van der Waals surface area contributed by atoms with E-state index < -0.39 is 14.9 Å². The Labute approximate surface area is 141 Å². The molecule has 0 aliphatic heterocycles. The maximum Gasteiger partial charge on any atom is 0.270 e. The number of likely N-dealkylation sites (N-methyl/N-ethyl adjacent to an activating group) is 1. The molecular weight excluding hydrogens is 330 g/mol. The quantitative estimate of drug-likeness (QED) is 0.611. The molecule has 0 amide bonds. The van der Waals surface area contributed by atoms with E-state index in [-0.39, 0.29) is 23.2 Å². The van der Waals surface area contributed by atoms with Crippen LogP contribution in [0.2, 0.25) is 0 Å². The molecule has 0 aromatic heterocycles. The fraction of sp³-hybridized carbons (Fsp3) is 0.250. The Morgan fingerprint density at radius 2 is 1.79 bits per heavy atom. The van der Waals surface area contributed by atoms with Crippen LogP contribution >= 0.6 is 0 Å². The van der Waals surface area contributed by atoms with Crippen LogP contribution in [0.3, 0.4) is 0 Å². The van der Waals surface area contributed by atoms with Crippen molar-refractivity contribution in [2.75, 3.05) is 20.6 Å². The summed E-state index contributed by atoms with van der Waals surface area (Å²) in [6.45, 7) is 0.155. The Morgan fingerprint density at radius 1 is 1.12 bits per heavy atom. The van der Waals surface area contributed by atoms with Crippen LogP contribution in [0.5, 0.6) is 0 Å². The van der Waals surface area contributed by atoms with Crippen LogP contribution in [0.15, 0.2) is 59.5 Å². The average molecular weight is 349 g/mol. The standard InChI is InChI=1S/C16H19N3O4S/c1-18(2)16(13-7-4-3-5-8-13)12-17-24(22,23)15-10-6-9-14(11-15)19(20)21/h3-11,16-17H,12H2,1-2H3/t16-/m1/s1. The minimum atomic E-state index is -3.83. The highest BCUT2D eigenvalue weighted by atomic mass is 32.2. The van der Waals surface area contributed by atoms with Crippen molar-refractivity contribution in [1.82, 2.24) is 9.62 Å². The molecule has 2 rings (SSSR count). The Bertz CT molecular complexity index is 807. The summed E-state index contributed by atoms with van der Waals surface area (Å²) in [5.41, 5.74) is 0.717. The number of hydrogen-bond acceptors (Lipinski definition) is 5. The third-order valence-electron chi connectivity index (χ3n) is 3.61. The van der Waals surface area contributed by atoms with Crippen molar-refractivity contribution in [3.05, 3.63) is 70.3 Å². The number of nitrogens with zero attached hydrogens (tertiary/aromatic N) is 2. The molecule has 0 saturated heterocycles. The van der Waals surface area contributed by atoms with Crippen molar-refractivity contribution in [2.24, 2.45) is 0 Å². The van der Waals surface area contributed by atoms with E-state index in [1.165, 1.54) is 18.2 Å². The van der Waals surface area contributed by atoms with Crippen LogP contribution < -0.4 is 4.72 Å². The molecule has 8 heteroatoms. The third kappa shape index (κ3) is 4.38. The van der Waals surface area contributed by atoms with Gasteiger partial charge in [0.2, 0.25) is 10.0 Å². The summed E-state index contributed by atoms with van der Waals surface area (Å²) in [5.74, 6) is 0. The van der Waals surface area contributed by atoms with E-state index in [4.69, 9.17) is 0 Å². The number of nitro groups is 1. The molecule has 2 aromatic carbocycles. The lowest BCUT2D eigenvalue weighted by Gasteiger charge is -2.25. The minimum absolute atomic E-state index is 0.123. The van der Waals surface area contributed by atoms with E-state index in [1.54, 1.807) is 0 Å². The van der Waals surface area contributed by atoms with Crippen molar-refractivity contribution in [3.8, 4) is 0 Å². The predicted octanol–water partition coefficient (Wildman–Crippen LogP) is 2.18. The van der Waals surface area contributed by atoms with Crippen molar-refractivity contribution >= 4 is 15.7 Å². The molecule has 2 aromatic rings. The molecule has 0 saturated carbocycles. The molecule has 1 N–H and O–H groups in total. The molecule has 7 nitrogen and oxygen atoms in total. The first-order chi connectivity index (χ1) is 11.3. The lowest BCUT2D eigenvalue weighted by atomic mass is 10.1. The summed E-state index contributed by atoms with van der Waals surface area (Å²) < 4.78 is 27.4. The molecule has 0 bridgehead atoms. The monoisotopic (exact) mass is 349 g/mol. The van der Waals surface area contributed by atoms with Crippen molar-refractivity contribution in [1.29, 1.82) is 0 Å². The fourth-order valence-corrected chi connectivity index (χ4v) is 3.39. The van der Waals surface area contributed by atoms with E-state index in [0.29, 0.717) is 0 Å². The highest BCUT2D eigenvalue weighted by Crippen LogP contribution is 2.20. The molecule has 0 spiro atoms. The first-order valence-electron chi connectivity index (χ1n) is 7.27. The summed E-state index contributed by atoms with van der Waals surface area (Å²) in [7, 11) is -0.113. The van der Waals surface area contributed by atoms with E-state index in [0.717, 1.165) is 11.6 Å². The van der Waals surface area contributed by atoms with E-state index in [1.807, 2.05) is 49.3 Å². The fourth-order valence-electron chi connectivity index (χ4n) is 2.31. The number of rotatable bonds is 7. The van der Waals surface area contributed by atoms with Crippen LogP contribution in [0.1, 0.15) is 11.6 Å². The predicted molar refractivity (Wildman–Crippen MR) is 91.2 cm³/mol. The van der Waals surface area contributed by atoms with E-state index in [2.05, 4.69) is 4.72 Å². The van der Waals surface area contributed by atoms with E-state index in [9.17, 15) is 18.5 Å². The van der Waals surface area contributed by atoms with Crippen LogP contribution in [0.25, 0.3) is 0 Å². The second kappa shape index (κ2) is 7.52. The van der Waals surface area contributed by atoms with Gasteiger partial charge < -0.3 is 4.90 Å². The largest absolute Gasteiger partial charge is 0.301 e. The first-order valence-corrected chi connectivity index (χ1v) is 8.75. The number of sulfonamides is 1. The van der Waals surface area contributed by atoms with Crippen molar-refractivity contribution < 1.29 is 13.3 Å². The van der Waals surface area contributed by atoms with Gasteiger partial charge in [0, 0.05) is 24.7 Å². The van der Waals surface area contributed by atoms with Gasteiger partial charge in [0.05, 0.1) is 9.82 Å². The van der Waals surface area contributed by atoms with Crippen LogP contribution in [-0.2, 0) is 10.0 Å². The second-order valence-electron chi connectivity index (χ2n) is 5.50. The normalized spacial score (nSPS) is 13.0. The first kappa shape index (κ1) is 18.1. The van der Waals surface area contributed by atoms with Crippen molar-refractivity contribution in [3.63, 3.8) is 0 Å². The molecule has 0 aliphatic rings. The summed E-state index contributed by atoms with van der Waals surface area (Å²) in [4.78, 5) is 12.0. The molecular formula is C16H19N3O4S. The Hall–Kier alpha value is -2.29. The number of nitrogens with one attached hydrogen (secondary N) is 1. The molecule has 0 aliphatic carbocycles. The number of benzene rings is 2. The molecule has 0 fully saturated rings. The van der Waals surface area contributed by atoms with Gasteiger partial charge >= 0.3 is 0 Å². The summed E-state index contributed by atoms with van der Waals surface area (Å²) in [6, 6.07) is 14.4. The smallest absolute Gasteiger partial charge is 0.270 e. The van der Waals surface area contributed by atoms with Crippen LogP contribution in [-0.4, -0.2) is 38.9 Å². The van der Waals surface area contributed by atoms with Gasteiger partial charge in [-0.3, -0.25) is 10.1 Å². The maximum atomic E-state index is 12.4. The molecule has 0 unspecified atom stereocenters. The zero-order valence-corrected chi connectivity index (χ0v) is 14.2. The SMILES string of the molecule is CN(C)[C@H](CNS(=O)(=O)c1cccc([N+](=O)[O-])c1)c1ccccc1. The summed E-state index contributed by atoms with van der Waals surface area (Å²) in [5, 5.41) is 10.8. The highest BCUT2D eigenvalue weighted by Gasteiger charge is 2.21. The molecule has 128 valence electrons. The zero-order valence-electron chi connectivity index (χ0n) is 13.4. The lowest BCUT2D eigenvalue weighted by Crippen LogP contribution is -2.34. The Morgan fingerprint density at radius 3 is 2.38 bits per heavy atom. The highest BCUT2D eigenvalue weighted by molar-refractivity contribution is 7.89. The Balaban J connectivity index is 2.19. The van der Waals surface area contributed by atoms with Gasteiger partial charge in [0.25, 0.3) is 5.69 Å². The van der Waals surface area contributed by atoms with Gasteiger partial charge in [-0.1, -0.05) is 36.4 Å². The van der Waals surface area contributed by atoms with Crippen LogP contribution in [0.4, 0.5) is 5.69 Å². The minimum Gasteiger partial charge on any atom is -0.301 e. The Kier molecular flexibility index (Phi) is 5.66. The van der Waals surface area contributed by atoms with Crippen molar-refractivity contribution in [2.45, 2.75) is 10.9 Å². The van der Waals surface area contributed by atoms with Crippen LogP contribution in [0, 0.1) is 10.1 Å². The zero-order chi connectivity index (χ0) is 17.7. The van der Waals surface area contributed by atoms with Gasteiger partial charge in [0.1, 0.15) is 0 Å². The topological polar surface area (TPSA) is 92.6 Å². The third-order valence-corrected chi connectivity index (χ3v) is 5.03. The molecule has 24 heavy (non-hydrogen) atoms. The van der Waals surface area contributed by atoms with E-state index >= 15 is 0 Å². The van der Waals surface area contributed by atoms with Gasteiger partial charge in [-0.2, -0.15) is 0 Å². The number of non-ortho nitro benzene ring substituents is 1. The van der Waals surface area contributed by atoms with Gasteiger partial charge in [0.15, 0.2) is 0 Å². The van der Waals surface area contributed by atoms with Gasteiger partial charge in [-0.25, -0.2) is 13.1 Å². The summed E-state index contributed by atoms with van der Waals surface area (Å²) >= 11 is 0. The van der Waals surface area contributed by atoms with Gasteiger partial charge in [-0.15, -0.1) is 0 Å². The number of nitro benzene ring substituents is 1. The second-order valence-corrected chi connectivity index (χ2v) is 7.26. The molecule has 0 heterocycles.